The Morgan fingerprint density at radius 3 is 1.93 bits per heavy atom. The lowest BCUT2D eigenvalue weighted by Gasteiger charge is -2.05. The largest absolute Gasteiger partial charge is 0.337 e. The van der Waals surface area contributed by atoms with Crippen LogP contribution in [-0.2, 0) is 9.84 Å². The maximum absolute atomic E-state index is 11.8. The SMILES string of the molecule is Cc1ccc(-c2nc(-c3ccc(Cl)cc3)c(-c3ccc(S(C)(=O)=O)cc3)[nH]2)cc1. The van der Waals surface area contributed by atoms with Gasteiger partial charge in [-0.3, -0.25) is 0 Å². The summed E-state index contributed by atoms with van der Waals surface area (Å²) in [5, 5.41) is 0.655. The minimum atomic E-state index is -3.25. The van der Waals surface area contributed by atoms with E-state index in [-0.39, 0.29) is 4.90 Å². The maximum Gasteiger partial charge on any atom is 0.175 e. The summed E-state index contributed by atoms with van der Waals surface area (Å²) in [4.78, 5) is 8.54. The van der Waals surface area contributed by atoms with Crippen LogP contribution in [0.3, 0.4) is 0 Å². The summed E-state index contributed by atoms with van der Waals surface area (Å²) in [5.74, 6) is 0.747. The lowest BCUT2D eigenvalue weighted by atomic mass is 10.1. The molecule has 0 amide bonds. The van der Waals surface area contributed by atoms with Crippen molar-refractivity contribution in [1.29, 1.82) is 0 Å². The minimum Gasteiger partial charge on any atom is -0.337 e. The predicted octanol–water partition coefficient (Wildman–Crippen LogP) is 5.78. The Hall–Kier alpha value is -2.89. The highest BCUT2D eigenvalue weighted by atomic mass is 35.5. The summed E-state index contributed by atoms with van der Waals surface area (Å²) in [5.41, 5.74) is 5.53. The number of sulfone groups is 1. The van der Waals surface area contributed by atoms with E-state index in [0.717, 1.165) is 33.9 Å². The second-order valence-corrected chi connectivity index (χ2v) is 9.43. The van der Waals surface area contributed by atoms with Gasteiger partial charge >= 0.3 is 0 Å². The van der Waals surface area contributed by atoms with Crippen LogP contribution in [0.15, 0.2) is 77.7 Å². The maximum atomic E-state index is 11.8. The first-order valence-corrected chi connectivity index (χ1v) is 11.3. The molecule has 0 fully saturated rings. The molecule has 0 aliphatic heterocycles. The van der Waals surface area contributed by atoms with Crippen LogP contribution in [-0.4, -0.2) is 24.6 Å². The number of hydrogen-bond acceptors (Lipinski definition) is 3. The molecule has 0 atom stereocenters. The van der Waals surface area contributed by atoms with Gasteiger partial charge in [-0.15, -0.1) is 0 Å². The number of nitrogens with zero attached hydrogens (tertiary/aromatic N) is 1. The summed E-state index contributed by atoms with van der Waals surface area (Å²) in [7, 11) is -3.25. The Balaban J connectivity index is 1.86. The van der Waals surface area contributed by atoms with Gasteiger partial charge in [0.15, 0.2) is 9.84 Å². The van der Waals surface area contributed by atoms with Crippen LogP contribution in [0.5, 0.6) is 0 Å². The summed E-state index contributed by atoms with van der Waals surface area (Å²) in [6.45, 7) is 2.04. The first-order valence-electron chi connectivity index (χ1n) is 9.05. The number of halogens is 1. The molecule has 4 rings (SSSR count). The molecule has 0 bridgehead atoms. The second-order valence-electron chi connectivity index (χ2n) is 6.98. The third-order valence-corrected chi connectivity index (χ3v) is 6.10. The zero-order chi connectivity index (χ0) is 20.6. The van der Waals surface area contributed by atoms with E-state index in [0.29, 0.717) is 5.02 Å². The number of aromatic nitrogens is 2. The molecule has 1 aromatic heterocycles. The second kappa shape index (κ2) is 7.50. The van der Waals surface area contributed by atoms with Gasteiger partial charge in [-0.05, 0) is 31.2 Å². The molecule has 29 heavy (non-hydrogen) atoms. The first-order chi connectivity index (χ1) is 13.8. The Kier molecular flexibility index (Phi) is 5.03. The van der Waals surface area contributed by atoms with E-state index in [1.165, 1.54) is 11.8 Å². The number of rotatable bonds is 4. The molecule has 3 aromatic carbocycles. The van der Waals surface area contributed by atoms with Gasteiger partial charge in [-0.2, -0.15) is 0 Å². The topological polar surface area (TPSA) is 62.8 Å². The molecule has 4 aromatic rings. The van der Waals surface area contributed by atoms with Crippen molar-refractivity contribution in [1.82, 2.24) is 9.97 Å². The van der Waals surface area contributed by atoms with Gasteiger partial charge in [0.05, 0.1) is 16.3 Å². The van der Waals surface area contributed by atoms with Crippen molar-refractivity contribution in [3.05, 3.63) is 83.4 Å². The molecule has 1 heterocycles. The Bertz CT molecular complexity index is 1260. The average Bonchev–Trinajstić information content (AvgIpc) is 3.14. The van der Waals surface area contributed by atoms with Crippen molar-refractivity contribution in [2.24, 2.45) is 0 Å². The van der Waals surface area contributed by atoms with E-state index in [4.69, 9.17) is 16.6 Å². The average molecular weight is 423 g/mol. The van der Waals surface area contributed by atoms with Gasteiger partial charge in [0.2, 0.25) is 0 Å². The summed E-state index contributed by atoms with van der Waals surface area (Å²) < 4.78 is 23.6. The molecule has 0 radical (unpaired) electrons. The van der Waals surface area contributed by atoms with Gasteiger partial charge < -0.3 is 4.98 Å². The van der Waals surface area contributed by atoms with Gasteiger partial charge in [-0.25, -0.2) is 13.4 Å². The van der Waals surface area contributed by atoms with Gasteiger partial charge in [-0.1, -0.05) is 65.7 Å². The minimum absolute atomic E-state index is 0.285. The molecule has 6 heteroatoms. The fraction of sp³-hybridized carbons (Fsp3) is 0.0870. The highest BCUT2D eigenvalue weighted by molar-refractivity contribution is 7.90. The number of aromatic amines is 1. The molecule has 146 valence electrons. The third kappa shape index (κ3) is 4.11. The summed E-state index contributed by atoms with van der Waals surface area (Å²) in [6.07, 6.45) is 1.20. The Morgan fingerprint density at radius 2 is 1.34 bits per heavy atom. The van der Waals surface area contributed by atoms with E-state index in [1.807, 2.05) is 55.5 Å². The smallest absolute Gasteiger partial charge is 0.175 e. The first kappa shape index (κ1) is 19.4. The van der Waals surface area contributed by atoms with Crippen LogP contribution in [0.1, 0.15) is 5.56 Å². The van der Waals surface area contributed by atoms with Crippen molar-refractivity contribution in [3.63, 3.8) is 0 Å². The summed E-state index contributed by atoms with van der Waals surface area (Å²) in [6, 6.07) is 22.4. The van der Waals surface area contributed by atoms with Crippen LogP contribution in [0.2, 0.25) is 5.02 Å². The highest BCUT2D eigenvalue weighted by Crippen LogP contribution is 2.34. The van der Waals surface area contributed by atoms with Gasteiger partial charge in [0.1, 0.15) is 5.82 Å². The van der Waals surface area contributed by atoms with Gasteiger partial charge in [0, 0.05) is 28.0 Å². The molecule has 0 spiro atoms. The van der Waals surface area contributed by atoms with E-state index in [1.54, 1.807) is 24.3 Å². The van der Waals surface area contributed by atoms with Crippen molar-refractivity contribution >= 4 is 21.4 Å². The summed E-state index contributed by atoms with van der Waals surface area (Å²) >= 11 is 6.05. The number of H-pyrrole nitrogens is 1. The Labute approximate surface area is 175 Å². The normalized spacial score (nSPS) is 11.6. The fourth-order valence-corrected chi connectivity index (χ4v) is 3.87. The number of imidazole rings is 1. The number of benzene rings is 3. The number of nitrogens with one attached hydrogen (secondary N) is 1. The van der Waals surface area contributed by atoms with Crippen LogP contribution < -0.4 is 0 Å². The monoisotopic (exact) mass is 422 g/mol. The predicted molar refractivity (Wildman–Crippen MR) is 118 cm³/mol. The van der Waals surface area contributed by atoms with Crippen molar-refractivity contribution in [2.75, 3.05) is 6.26 Å². The lowest BCUT2D eigenvalue weighted by molar-refractivity contribution is 0.602. The zero-order valence-electron chi connectivity index (χ0n) is 16.0. The van der Waals surface area contributed by atoms with Crippen molar-refractivity contribution in [2.45, 2.75) is 11.8 Å². The number of hydrogen-bond donors (Lipinski definition) is 1. The Morgan fingerprint density at radius 1 is 0.793 bits per heavy atom. The van der Waals surface area contributed by atoms with Crippen LogP contribution in [0.4, 0.5) is 0 Å². The third-order valence-electron chi connectivity index (χ3n) is 4.72. The van der Waals surface area contributed by atoms with Crippen LogP contribution in [0, 0.1) is 6.92 Å². The molecule has 4 nitrogen and oxygen atoms in total. The van der Waals surface area contributed by atoms with Crippen molar-refractivity contribution < 1.29 is 8.42 Å². The fourth-order valence-electron chi connectivity index (χ4n) is 3.12. The van der Waals surface area contributed by atoms with E-state index < -0.39 is 9.84 Å². The molecule has 0 saturated carbocycles. The quantitative estimate of drug-likeness (QED) is 0.453. The van der Waals surface area contributed by atoms with Gasteiger partial charge in [0.25, 0.3) is 0 Å². The molecule has 0 aliphatic carbocycles. The number of aryl methyl sites for hydroxylation is 1. The van der Waals surface area contributed by atoms with E-state index in [9.17, 15) is 8.42 Å². The molecular formula is C23H19ClN2O2S. The molecule has 0 aliphatic rings. The molecular weight excluding hydrogens is 404 g/mol. The molecule has 0 unspecified atom stereocenters. The van der Waals surface area contributed by atoms with Crippen LogP contribution >= 0.6 is 11.6 Å². The standard InChI is InChI=1S/C23H19ClN2O2S/c1-15-3-5-18(6-4-15)23-25-21(16-7-11-19(24)12-8-16)22(26-23)17-9-13-20(14-10-17)29(2,27)28/h3-14H,1-2H3,(H,25,26). The van der Waals surface area contributed by atoms with E-state index in [2.05, 4.69) is 4.98 Å². The highest BCUT2D eigenvalue weighted by Gasteiger charge is 2.16. The molecule has 1 N–H and O–H groups in total. The zero-order valence-corrected chi connectivity index (χ0v) is 17.6. The van der Waals surface area contributed by atoms with E-state index >= 15 is 0 Å². The van der Waals surface area contributed by atoms with Crippen molar-refractivity contribution in [3.8, 4) is 33.9 Å². The molecule has 0 saturated heterocycles. The lowest BCUT2D eigenvalue weighted by Crippen LogP contribution is -1.96. The van der Waals surface area contributed by atoms with Crippen LogP contribution in [0.25, 0.3) is 33.9 Å².